The van der Waals surface area contributed by atoms with Crippen molar-refractivity contribution in [3.63, 3.8) is 0 Å². The Morgan fingerprint density at radius 1 is 0.970 bits per heavy atom. The van der Waals surface area contributed by atoms with E-state index < -0.39 is 23.3 Å². The molecule has 2 fully saturated rings. The van der Waals surface area contributed by atoms with E-state index >= 15 is 0 Å². The molecule has 6 nitrogen and oxygen atoms in total. The van der Waals surface area contributed by atoms with Gasteiger partial charge in [-0.25, -0.2) is 9.18 Å². The summed E-state index contributed by atoms with van der Waals surface area (Å²) in [6.07, 6.45) is 1.12. The first-order valence-electron chi connectivity index (χ1n) is 11.1. The number of rotatable bonds is 4. The maximum Gasteiger partial charge on any atom is 0.322 e. The number of amides is 4. The fourth-order valence-corrected chi connectivity index (χ4v) is 5.16. The zero-order valence-electron chi connectivity index (χ0n) is 18.0. The lowest BCUT2D eigenvalue weighted by Crippen LogP contribution is -2.58. The number of hydrogen-bond donors (Lipinski definition) is 2. The molecule has 2 saturated heterocycles. The van der Waals surface area contributed by atoms with Gasteiger partial charge in [0.05, 0.1) is 0 Å². The summed E-state index contributed by atoms with van der Waals surface area (Å²) in [6, 6.07) is 19.2. The van der Waals surface area contributed by atoms with Gasteiger partial charge in [-0.1, -0.05) is 54.6 Å². The highest BCUT2D eigenvalue weighted by molar-refractivity contribution is 6.08. The summed E-state index contributed by atoms with van der Waals surface area (Å²) < 4.78 is 14.4. The second-order valence-electron chi connectivity index (χ2n) is 8.74. The van der Waals surface area contributed by atoms with Crippen molar-refractivity contribution in [3.8, 4) is 0 Å². The Bertz CT molecular complexity index is 1250. The molecule has 3 aromatic carbocycles. The van der Waals surface area contributed by atoms with Gasteiger partial charge in [0.25, 0.3) is 11.8 Å². The van der Waals surface area contributed by atoms with E-state index in [0.29, 0.717) is 37.1 Å². The fraction of sp³-hybridized carbons (Fsp3) is 0.269. The SMILES string of the molecule is O=C1NC(=O)C(Cc2ccccc2F)(C2CCN(C(=O)c3cccc4ccccc34)CC2)N1. The first-order chi connectivity index (χ1) is 16.0. The van der Waals surface area contributed by atoms with Crippen LogP contribution in [0.2, 0.25) is 0 Å². The lowest BCUT2D eigenvalue weighted by atomic mass is 9.74. The zero-order valence-corrected chi connectivity index (χ0v) is 18.0. The van der Waals surface area contributed by atoms with Gasteiger partial charge in [-0.3, -0.25) is 14.9 Å². The van der Waals surface area contributed by atoms with Gasteiger partial charge in [-0.05, 0) is 47.2 Å². The largest absolute Gasteiger partial charge is 0.339 e. The van der Waals surface area contributed by atoms with E-state index in [1.54, 1.807) is 23.1 Å². The highest BCUT2D eigenvalue weighted by Gasteiger charge is 2.52. The van der Waals surface area contributed by atoms with Crippen LogP contribution in [0, 0.1) is 11.7 Å². The van der Waals surface area contributed by atoms with Gasteiger partial charge >= 0.3 is 6.03 Å². The third kappa shape index (κ3) is 3.73. The van der Waals surface area contributed by atoms with Crippen LogP contribution in [0.3, 0.4) is 0 Å². The lowest BCUT2D eigenvalue weighted by molar-refractivity contribution is -0.126. The van der Waals surface area contributed by atoms with Crippen molar-refractivity contribution in [2.24, 2.45) is 5.92 Å². The van der Waals surface area contributed by atoms with Crippen molar-refractivity contribution in [1.82, 2.24) is 15.5 Å². The van der Waals surface area contributed by atoms with Gasteiger partial charge in [0.2, 0.25) is 0 Å². The van der Waals surface area contributed by atoms with Crippen LogP contribution < -0.4 is 10.6 Å². The molecule has 4 amide bonds. The Morgan fingerprint density at radius 3 is 2.39 bits per heavy atom. The molecule has 7 heteroatoms. The van der Waals surface area contributed by atoms with Crippen LogP contribution in [0.5, 0.6) is 0 Å². The number of piperidine rings is 1. The molecule has 33 heavy (non-hydrogen) atoms. The molecule has 0 bridgehead atoms. The van der Waals surface area contributed by atoms with Crippen LogP contribution in [0.15, 0.2) is 66.7 Å². The number of fused-ring (bicyclic) bond motifs is 1. The van der Waals surface area contributed by atoms with Gasteiger partial charge in [0.1, 0.15) is 11.4 Å². The smallest absolute Gasteiger partial charge is 0.322 e. The summed E-state index contributed by atoms with van der Waals surface area (Å²) in [6.45, 7) is 0.907. The first-order valence-corrected chi connectivity index (χ1v) is 11.1. The van der Waals surface area contributed by atoms with Crippen molar-refractivity contribution >= 4 is 28.6 Å². The monoisotopic (exact) mass is 445 g/mol. The van der Waals surface area contributed by atoms with Crippen LogP contribution in [0.25, 0.3) is 10.8 Å². The van der Waals surface area contributed by atoms with E-state index in [0.717, 1.165) is 10.8 Å². The lowest BCUT2D eigenvalue weighted by Gasteiger charge is -2.41. The van der Waals surface area contributed by atoms with Gasteiger partial charge < -0.3 is 10.2 Å². The van der Waals surface area contributed by atoms with E-state index in [1.165, 1.54) is 6.07 Å². The molecule has 1 atom stereocenters. The zero-order chi connectivity index (χ0) is 23.0. The molecule has 0 aromatic heterocycles. The number of carbonyl (C=O) groups is 3. The average Bonchev–Trinajstić information content (AvgIpc) is 3.13. The normalized spacial score (nSPS) is 21.2. The minimum atomic E-state index is -1.23. The number of nitrogens with zero attached hydrogens (tertiary/aromatic N) is 1. The molecule has 0 spiro atoms. The Labute approximate surface area is 190 Å². The number of carbonyl (C=O) groups excluding carboxylic acids is 3. The summed E-state index contributed by atoms with van der Waals surface area (Å²) in [4.78, 5) is 40.1. The molecule has 1 unspecified atom stereocenters. The molecule has 2 aliphatic rings. The maximum atomic E-state index is 14.4. The van der Waals surface area contributed by atoms with Crippen molar-refractivity contribution in [2.45, 2.75) is 24.8 Å². The molecule has 3 aromatic rings. The Hall–Kier alpha value is -3.74. The number of nitrogens with one attached hydrogen (secondary N) is 2. The molecular formula is C26H24FN3O3. The predicted molar refractivity (Wildman–Crippen MR) is 122 cm³/mol. The number of urea groups is 1. The summed E-state index contributed by atoms with van der Waals surface area (Å²) in [5.74, 6) is -1.11. The van der Waals surface area contributed by atoms with E-state index in [9.17, 15) is 18.8 Å². The topological polar surface area (TPSA) is 78.5 Å². The first kappa shape index (κ1) is 21.1. The molecule has 2 aliphatic heterocycles. The van der Waals surface area contributed by atoms with Crippen LogP contribution in [-0.4, -0.2) is 41.4 Å². The minimum absolute atomic E-state index is 0.0479. The van der Waals surface area contributed by atoms with Gasteiger partial charge in [-0.2, -0.15) is 0 Å². The summed E-state index contributed by atoms with van der Waals surface area (Å²) in [5, 5.41) is 7.04. The Balaban J connectivity index is 1.37. The molecule has 0 aliphatic carbocycles. The van der Waals surface area contributed by atoms with Crippen LogP contribution in [0.4, 0.5) is 9.18 Å². The summed E-state index contributed by atoms with van der Waals surface area (Å²) in [5.41, 5.74) is -0.197. The second kappa shape index (κ2) is 8.31. The summed E-state index contributed by atoms with van der Waals surface area (Å²) in [7, 11) is 0. The van der Waals surface area contributed by atoms with Crippen molar-refractivity contribution < 1.29 is 18.8 Å². The third-order valence-electron chi connectivity index (χ3n) is 6.90. The van der Waals surface area contributed by atoms with E-state index in [1.807, 2.05) is 42.5 Å². The second-order valence-corrected chi connectivity index (χ2v) is 8.74. The highest BCUT2D eigenvalue weighted by Crippen LogP contribution is 2.35. The standard InChI is InChI=1S/C26H24FN3O3/c27-22-11-4-2-7-18(22)16-26(24(32)28-25(33)29-26)19-12-14-30(15-13-19)23(31)21-10-5-8-17-6-1-3-9-20(17)21/h1-11,19H,12-16H2,(H2,28,29,32,33). The number of likely N-dealkylation sites (tertiary alicyclic amines) is 1. The minimum Gasteiger partial charge on any atom is -0.339 e. The molecule has 5 rings (SSSR count). The Kier molecular flexibility index (Phi) is 5.32. The highest BCUT2D eigenvalue weighted by atomic mass is 19.1. The number of benzene rings is 3. The maximum absolute atomic E-state index is 14.4. The van der Waals surface area contributed by atoms with Gasteiger partial charge in [0.15, 0.2) is 0 Å². The van der Waals surface area contributed by atoms with Crippen LogP contribution in [-0.2, 0) is 11.2 Å². The van der Waals surface area contributed by atoms with E-state index in [2.05, 4.69) is 10.6 Å². The molecular weight excluding hydrogens is 421 g/mol. The van der Waals surface area contributed by atoms with Crippen molar-refractivity contribution in [1.29, 1.82) is 0 Å². The Morgan fingerprint density at radius 2 is 1.67 bits per heavy atom. The molecule has 0 radical (unpaired) electrons. The third-order valence-corrected chi connectivity index (χ3v) is 6.90. The predicted octanol–water partition coefficient (Wildman–Crippen LogP) is 3.65. The van der Waals surface area contributed by atoms with Crippen LogP contribution >= 0.6 is 0 Å². The average molecular weight is 445 g/mol. The van der Waals surface area contributed by atoms with E-state index in [-0.39, 0.29) is 18.2 Å². The van der Waals surface area contributed by atoms with Gasteiger partial charge in [0, 0.05) is 25.1 Å². The molecule has 168 valence electrons. The van der Waals surface area contributed by atoms with Crippen LogP contribution in [0.1, 0.15) is 28.8 Å². The molecule has 0 saturated carbocycles. The molecule has 2 N–H and O–H groups in total. The van der Waals surface area contributed by atoms with Crippen molar-refractivity contribution in [2.75, 3.05) is 13.1 Å². The van der Waals surface area contributed by atoms with E-state index in [4.69, 9.17) is 0 Å². The number of imide groups is 1. The summed E-state index contributed by atoms with van der Waals surface area (Å²) >= 11 is 0. The number of hydrogen-bond acceptors (Lipinski definition) is 3. The number of halogens is 1. The fourth-order valence-electron chi connectivity index (χ4n) is 5.16. The van der Waals surface area contributed by atoms with Crippen molar-refractivity contribution in [3.05, 3.63) is 83.7 Å². The van der Waals surface area contributed by atoms with Gasteiger partial charge in [-0.15, -0.1) is 0 Å². The molecule has 2 heterocycles. The quantitative estimate of drug-likeness (QED) is 0.602.